The van der Waals surface area contributed by atoms with E-state index >= 15 is 0 Å². The SMILES string of the molecule is CC[C@@H](C)NC(=O)CN1C(=O)C=C(CC(=O)OC)Nc2cc(C)c(C)cc21. The van der Waals surface area contributed by atoms with E-state index in [0.717, 1.165) is 17.5 Å². The second-order valence-corrected chi connectivity index (χ2v) is 6.80. The summed E-state index contributed by atoms with van der Waals surface area (Å²) in [6.07, 6.45) is 2.10. The predicted molar refractivity (Wildman–Crippen MR) is 105 cm³/mol. The number of amides is 2. The second-order valence-electron chi connectivity index (χ2n) is 6.80. The lowest BCUT2D eigenvalue weighted by atomic mass is 10.1. The summed E-state index contributed by atoms with van der Waals surface area (Å²) in [6, 6.07) is 3.82. The molecule has 2 rings (SSSR count). The molecular weight excluding hydrogens is 346 g/mol. The maximum Gasteiger partial charge on any atom is 0.311 e. The maximum atomic E-state index is 12.8. The third kappa shape index (κ3) is 5.09. The van der Waals surface area contributed by atoms with Crippen molar-refractivity contribution in [3.63, 3.8) is 0 Å². The van der Waals surface area contributed by atoms with Crippen LogP contribution in [-0.4, -0.2) is 37.5 Å². The number of esters is 1. The number of nitrogens with zero attached hydrogens (tertiary/aromatic N) is 1. The number of hydrogen-bond acceptors (Lipinski definition) is 5. The molecule has 1 atom stereocenters. The predicted octanol–water partition coefficient (Wildman–Crippen LogP) is 2.42. The van der Waals surface area contributed by atoms with E-state index in [2.05, 4.69) is 10.6 Å². The molecule has 7 heteroatoms. The van der Waals surface area contributed by atoms with Gasteiger partial charge in [0.2, 0.25) is 5.91 Å². The van der Waals surface area contributed by atoms with Gasteiger partial charge in [0.25, 0.3) is 5.91 Å². The van der Waals surface area contributed by atoms with Crippen molar-refractivity contribution >= 4 is 29.2 Å². The van der Waals surface area contributed by atoms with Gasteiger partial charge in [0.05, 0.1) is 24.9 Å². The summed E-state index contributed by atoms with van der Waals surface area (Å²) in [6.45, 7) is 7.72. The molecule has 0 spiro atoms. The van der Waals surface area contributed by atoms with Crippen molar-refractivity contribution in [3.05, 3.63) is 35.0 Å². The average Bonchev–Trinajstić information content (AvgIpc) is 2.72. The molecule has 1 aromatic carbocycles. The number of rotatable bonds is 6. The molecule has 1 aliphatic heterocycles. The van der Waals surface area contributed by atoms with Crippen molar-refractivity contribution in [2.24, 2.45) is 0 Å². The first kappa shape index (κ1) is 20.5. The molecule has 0 radical (unpaired) electrons. The summed E-state index contributed by atoms with van der Waals surface area (Å²) in [5, 5.41) is 6.02. The van der Waals surface area contributed by atoms with Gasteiger partial charge in [0, 0.05) is 17.8 Å². The Balaban J connectivity index is 2.40. The average molecular weight is 373 g/mol. The van der Waals surface area contributed by atoms with Crippen molar-refractivity contribution < 1.29 is 19.1 Å². The molecule has 7 nitrogen and oxygen atoms in total. The van der Waals surface area contributed by atoms with Gasteiger partial charge in [-0.25, -0.2) is 0 Å². The Morgan fingerprint density at radius 3 is 2.56 bits per heavy atom. The van der Waals surface area contributed by atoms with Gasteiger partial charge in [-0.3, -0.25) is 19.3 Å². The lowest BCUT2D eigenvalue weighted by Gasteiger charge is -2.24. The Labute approximate surface area is 159 Å². The largest absolute Gasteiger partial charge is 0.469 e. The summed E-state index contributed by atoms with van der Waals surface area (Å²) >= 11 is 0. The highest BCUT2D eigenvalue weighted by Gasteiger charge is 2.26. The zero-order valence-electron chi connectivity index (χ0n) is 16.5. The van der Waals surface area contributed by atoms with Crippen LogP contribution in [0.2, 0.25) is 0 Å². The van der Waals surface area contributed by atoms with E-state index in [4.69, 9.17) is 4.74 Å². The van der Waals surface area contributed by atoms with Gasteiger partial charge in [0.15, 0.2) is 0 Å². The molecule has 2 N–H and O–H groups in total. The molecule has 0 saturated carbocycles. The second kappa shape index (κ2) is 8.70. The van der Waals surface area contributed by atoms with Gasteiger partial charge in [-0.05, 0) is 50.5 Å². The molecular formula is C20H27N3O4. The number of aryl methyl sites for hydroxylation is 2. The minimum atomic E-state index is -0.449. The minimum absolute atomic E-state index is 0.0300. The number of methoxy groups -OCH3 is 1. The number of carbonyl (C=O) groups is 3. The Kier molecular flexibility index (Phi) is 6.60. The molecule has 0 saturated heterocycles. The fraction of sp³-hybridized carbons (Fsp3) is 0.450. The van der Waals surface area contributed by atoms with Crippen LogP contribution in [0.25, 0.3) is 0 Å². The summed E-state index contributed by atoms with van der Waals surface area (Å²) in [5.41, 5.74) is 3.76. The van der Waals surface area contributed by atoms with Gasteiger partial charge < -0.3 is 15.4 Å². The van der Waals surface area contributed by atoms with E-state index in [1.165, 1.54) is 18.1 Å². The van der Waals surface area contributed by atoms with Crippen molar-refractivity contribution in [1.29, 1.82) is 0 Å². The number of hydrogen-bond donors (Lipinski definition) is 2. The molecule has 27 heavy (non-hydrogen) atoms. The Morgan fingerprint density at radius 2 is 1.93 bits per heavy atom. The van der Waals surface area contributed by atoms with Crippen LogP contribution in [0.4, 0.5) is 11.4 Å². The first-order chi connectivity index (χ1) is 12.7. The van der Waals surface area contributed by atoms with Crippen molar-refractivity contribution in [1.82, 2.24) is 5.32 Å². The van der Waals surface area contributed by atoms with Gasteiger partial charge in [-0.15, -0.1) is 0 Å². The highest BCUT2D eigenvalue weighted by molar-refractivity contribution is 6.09. The molecule has 0 bridgehead atoms. The van der Waals surface area contributed by atoms with Crippen molar-refractivity contribution in [2.75, 3.05) is 23.9 Å². The number of benzene rings is 1. The van der Waals surface area contributed by atoms with Crippen LogP contribution < -0.4 is 15.5 Å². The summed E-state index contributed by atoms with van der Waals surface area (Å²) < 4.78 is 4.70. The molecule has 146 valence electrons. The van der Waals surface area contributed by atoms with Crippen LogP contribution in [0.15, 0.2) is 23.9 Å². The highest BCUT2D eigenvalue weighted by atomic mass is 16.5. The van der Waals surface area contributed by atoms with E-state index in [-0.39, 0.29) is 30.8 Å². The van der Waals surface area contributed by atoms with Gasteiger partial charge in [0.1, 0.15) is 6.54 Å². The first-order valence-corrected chi connectivity index (χ1v) is 9.01. The minimum Gasteiger partial charge on any atom is -0.469 e. The fourth-order valence-corrected chi connectivity index (χ4v) is 2.73. The number of nitrogens with one attached hydrogen (secondary N) is 2. The van der Waals surface area contributed by atoms with E-state index in [9.17, 15) is 14.4 Å². The molecule has 2 amide bonds. The fourth-order valence-electron chi connectivity index (χ4n) is 2.73. The topological polar surface area (TPSA) is 87.7 Å². The van der Waals surface area contributed by atoms with E-state index in [1.54, 1.807) is 0 Å². The summed E-state index contributed by atoms with van der Waals surface area (Å²) in [4.78, 5) is 38.3. The number of ether oxygens (including phenoxy) is 1. The number of carbonyl (C=O) groups excluding carboxylic acids is 3. The van der Waals surface area contributed by atoms with Crippen LogP contribution in [0.5, 0.6) is 0 Å². The lowest BCUT2D eigenvalue weighted by molar-refractivity contribution is -0.139. The highest BCUT2D eigenvalue weighted by Crippen LogP contribution is 2.33. The van der Waals surface area contributed by atoms with Crippen molar-refractivity contribution in [3.8, 4) is 0 Å². The van der Waals surface area contributed by atoms with Gasteiger partial charge in [-0.1, -0.05) is 6.92 Å². The molecule has 0 unspecified atom stereocenters. The Bertz CT molecular complexity index is 786. The third-order valence-corrected chi connectivity index (χ3v) is 4.65. The molecule has 0 fully saturated rings. The normalized spacial score (nSPS) is 14.5. The van der Waals surface area contributed by atoms with Crippen molar-refractivity contribution in [2.45, 2.75) is 46.6 Å². The quantitative estimate of drug-likeness (QED) is 0.748. The van der Waals surface area contributed by atoms with Gasteiger partial charge >= 0.3 is 5.97 Å². The molecule has 1 heterocycles. The first-order valence-electron chi connectivity index (χ1n) is 9.01. The number of anilines is 2. The number of fused-ring (bicyclic) bond motifs is 1. The summed E-state index contributed by atoms with van der Waals surface area (Å²) in [5.74, 6) is -1.04. The van der Waals surface area contributed by atoms with E-state index in [1.807, 2.05) is 39.8 Å². The van der Waals surface area contributed by atoms with Crippen LogP contribution in [0.1, 0.15) is 37.8 Å². The Hall–Kier alpha value is -2.83. The summed E-state index contributed by atoms with van der Waals surface area (Å²) in [7, 11) is 1.30. The zero-order chi connectivity index (χ0) is 20.1. The smallest absolute Gasteiger partial charge is 0.311 e. The third-order valence-electron chi connectivity index (χ3n) is 4.65. The zero-order valence-corrected chi connectivity index (χ0v) is 16.5. The standard InChI is InChI=1S/C20H27N3O4/c1-6-14(4)21-18(24)11-23-17-8-13(3)12(2)7-16(17)22-15(9-19(23)25)10-20(26)27-5/h7-9,14,22H,6,10-11H2,1-5H3,(H,21,24)/t14-/m1/s1. The van der Waals surface area contributed by atoms with Crippen LogP contribution >= 0.6 is 0 Å². The van der Waals surface area contributed by atoms with Crippen LogP contribution in [0, 0.1) is 13.8 Å². The molecule has 1 aromatic rings. The van der Waals surface area contributed by atoms with Crippen LogP contribution in [-0.2, 0) is 19.1 Å². The van der Waals surface area contributed by atoms with Crippen LogP contribution in [0.3, 0.4) is 0 Å². The van der Waals surface area contributed by atoms with E-state index in [0.29, 0.717) is 17.1 Å². The lowest BCUT2D eigenvalue weighted by Crippen LogP contribution is -2.43. The molecule has 0 aromatic heterocycles. The van der Waals surface area contributed by atoms with Gasteiger partial charge in [-0.2, -0.15) is 0 Å². The Morgan fingerprint density at radius 1 is 1.26 bits per heavy atom. The monoisotopic (exact) mass is 373 g/mol. The van der Waals surface area contributed by atoms with E-state index < -0.39 is 5.97 Å². The maximum absolute atomic E-state index is 12.8. The molecule has 1 aliphatic rings. The molecule has 0 aliphatic carbocycles.